The number of nitrogens with one attached hydrogen (secondary N) is 1. The summed E-state index contributed by atoms with van der Waals surface area (Å²) >= 11 is 0. The fourth-order valence-electron chi connectivity index (χ4n) is 3.73. The first-order valence-electron chi connectivity index (χ1n) is 8.81. The van der Waals surface area contributed by atoms with Gasteiger partial charge in [0, 0.05) is 33.4 Å². The first kappa shape index (κ1) is 19.2. The van der Waals surface area contributed by atoms with Crippen LogP contribution in [0.25, 0.3) is 0 Å². The Morgan fingerprint density at radius 3 is 2.81 bits per heavy atom. The lowest BCUT2D eigenvalue weighted by molar-refractivity contribution is -0.140. The Morgan fingerprint density at radius 1 is 1.42 bits per heavy atom. The normalized spacial score (nSPS) is 30.0. The summed E-state index contributed by atoms with van der Waals surface area (Å²) < 4.78 is 33.6. The van der Waals surface area contributed by atoms with E-state index in [2.05, 4.69) is 10.3 Å². The summed E-state index contributed by atoms with van der Waals surface area (Å²) in [4.78, 5) is 16.5. The average molecular weight is 382 g/mol. The largest absolute Gasteiger partial charge is 0.362 e. The van der Waals surface area contributed by atoms with Gasteiger partial charge in [-0.15, -0.1) is 0 Å². The minimum atomic E-state index is -3.42. The molecule has 0 aromatic carbocycles. The number of hydrogen-bond donors (Lipinski definition) is 1. The molecule has 1 spiro atoms. The second-order valence-electron chi connectivity index (χ2n) is 7.24. The minimum absolute atomic E-state index is 0.0159. The molecule has 0 radical (unpaired) electrons. The molecular formula is C17H26N4O4S. The summed E-state index contributed by atoms with van der Waals surface area (Å²) in [5, 5.41) is 2.83. The van der Waals surface area contributed by atoms with Crippen molar-refractivity contribution in [3.8, 4) is 0 Å². The van der Waals surface area contributed by atoms with Gasteiger partial charge in [-0.05, 0) is 37.3 Å². The van der Waals surface area contributed by atoms with Gasteiger partial charge in [0.05, 0.1) is 17.5 Å². The van der Waals surface area contributed by atoms with Gasteiger partial charge in [0.15, 0.2) is 0 Å². The summed E-state index contributed by atoms with van der Waals surface area (Å²) in [6, 6.07) is 3.54. The molecule has 2 aliphatic heterocycles. The Labute approximate surface area is 154 Å². The number of aromatic nitrogens is 1. The zero-order chi connectivity index (χ0) is 18.9. The molecule has 1 aromatic heterocycles. The van der Waals surface area contributed by atoms with Crippen LogP contribution in [-0.2, 0) is 19.7 Å². The number of hydrogen-bond acceptors (Lipinski definition) is 5. The third-order valence-corrected chi connectivity index (χ3v) is 7.28. The molecule has 144 valence electrons. The van der Waals surface area contributed by atoms with Crippen molar-refractivity contribution < 1.29 is 17.9 Å². The highest BCUT2D eigenvalue weighted by atomic mass is 32.2. The molecule has 2 aliphatic rings. The predicted octanol–water partition coefficient (Wildman–Crippen LogP) is 1.09. The Hall–Kier alpha value is -1.55. The van der Waals surface area contributed by atoms with Gasteiger partial charge in [0.1, 0.15) is 6.10 Å². The van der Waals surface area contributed by atoms with Gasteiger partial charge in [0.2, 0.25) is 0 Å². The molecule has 1 aromatic rings. The van der Waals surface area contributed by atoms with E-state index in [0.717, 1.165) is 6.42 Å². The van der Waals surface area contributed by atoms with Gasteiger partial charge in [-0.1, -0.05) is 6.92 Å². The summed E-state index contributed by atoms with van der Waals surface area (Å²) in [7, 11) is -0.351. The highest BCUT2D eigenvalue weighted by Crippen LogP contribution is 2.43. The number of pyridine rings is 1. The van der Waals surface area contributed by atoms with E-state index in [1.807, 2.05) is 6.92 Å². The van der Waals surface area contributed by atoms with Crippen molar-refractivity contribution in [1.29, 1.82) is 0 Å². The first-order valence-corrected chi connectivity index (χ1v) is 10.2. The fraction of sp³-hybridized carbons (Fsp3) is 0.647. The number of nitrogens with zero attached hydrogens (tertiary/aromatic N) is 3. The van der Waals surface area contributed by atoms with E-state index >= 15 is 0 Å². The predicted molar refractivity (Wildman–Crippen MR) is 97.7 cm³/mol. The molecule has 3 unspecified atom stereocenters. The lowest BCUT2D eigenvalue weighted by Gasteiger charge is -2.43. The van der Waals surface area contributed by atoms with Gasteiger partial charge in [0.25, 0.3) is 16.1 Å². The van der Waals surface area contributed by atoms with Crippen molar-refractivity contribution in [3.05, 3.63) is 24.5 Å². The van der Waals surface area contributed by atoms with Crippen molar-refractivity contribution in [2.24, 2.45) is 5.92 Å². The van der Waals surface area contributed by atoms with E-state index in [9.17, 15) is 13.2 Å². The van der Waals surface area contributed by atoms with Gasteiger partial charge in [-0.2, -0.15) is 17.0 Å². The molecule has 3 atom stereocenters. The zero-order valence-electron chi connectivity index (χ0n) is 15.4. The quantitative estimate of drug-likeness (QED) is 0.841. The number of ether oxygens (including phenoxy) is 1. The van der Waals surface area contributed by atoms with Crippen LogP contribution in [0.4, 0.5) is 5.69 Å². The van der Waals surface area contributed by atoms with E-state index in [1.165, 1.54) is 22.7 Å². The zero-order valence-corrected chi connectivity index (χ0v) is 16.2. The molecule has 3 heterocycles. The van der Waals surface area contributed by atoms with E-state index in [1.54, 1.807) is 24.5 Å². The van der Waals surface area contributed by atoms with Crippen LogP contribution in [0, 0.1) is 5.92 Å². The summed E-state index contributed by atoms with van der Waals surface area (Å²) in [5.41, 5.74) is 0.205. The molecule has 0 bridgehead atoms. The van der Waals surface area contributed by atoms with Gasteiger partial charge >= 0.3 is 0 Å². The maximum atomic E-state index is 12.5. The van der Waals surface area contributed by atoms with Crippen LogP contribution in [0.15, 0.2) is 24.5 Å². The molecule has 1 N–H and O–H groups in total. The highest BCUT2D eigenvalue weighted by molar-refractivity contribution is 7.86. The second-order valence-corrected chi connectivity index (χ2v) is 9.38. The standard InChI is InChI=1S/C17H26N4O4S/c1-13-12-21(26(23,24)20(2)3)10-8-17(13)7-6-15(25-17)16(22)19-14-5-4-9-18-11-14/h4-5,9,11,13,15H,6-8,10,12H2,1-3H3,(H,19,22). The molecule has 3 rings (SSSR count). The lowest BCUT2D eigenvalue weighted by Crippen LogP contribution is -2.54. The Morgan fingerprint density at radius 2 is 2.19 bits per heavy atom. The van der Waals surface area contributed by atoms with Crippen molar-refractivity contribution in [2.45, 2.75) is 37.9 Å². The van der Waals surface area contributed by atoms with Crippen LogP contribution in [-0.4, -0.2) is 66.8 Å². The molecule has 8 nitrogen and oxygen atoms in total. The van der Waals surface area contributed by atoms with Crippen LogP contribution in [0.1, 0.15) is 26.2 Å². The topological polar surface area (TPSA) is 91.8 Å². The van der Waals surface area contributed by atoms with Crippen LogP contribution in [0.2, 0.25) is 0 Å². The average Bonchev–Trinajstić information content (AvgIpc) is 3.03. The summed E-state index contributed by atoms with van der Waals surface area (Å²) in [6.07, 6.45) is 4.71. The molecule has 26 heavy (non-hydrogen) atoms. The SMILES string of the molecule is CC1CN(S(=O)(=O)N(C)C)CCC12CCC(C(=O)Nc1cccnc1)O2. The molecular weight excluding hydrogens is 356 g/mol. The fourth-order valence-corrected chi connectivity index (χ4v) is 4.93. The number of amides is 1. The van der Waals surface area contributed by atoms with E-state index < -0.39 is 21.9 Å². The van der Waals surface area contributed by atoms with Crippen LogP contribution in [0.5, 0.6) is 0 Å². The summed E-state index contributed by atoms with van der Waals surface area (Å²) in [5.74, 6) is -0.160. The number of carbonyl (C=O) groups excluding carboxylic acids is 1. The Balaban J connectivity index is 1.63. The van der Waals surface area contributed by atoms with Gasteiger partial charge in [-0.25, -0.2) is 0 Å². The molecule has 2 saturated heterocycles. The van der Waals surface area contributed by atoms with Gasteiger partial charge < -0.3 is 10.1 Å². The van der Waals surface area contributed by atoms with Crippen molar-refractivity contribution in [1.82, 2.24) is 13.6 Å². The van der Waals surface area contributed by atoms with Crippen molar-refractivity contribution >= 4 is 21.8 Å². The lowest BCUT2D eigenvalue weighted by atomic mass is 9.81. The second kappa shape index (κ2) is 7.22. The highest BCUT2D eigenvalue weighted by Gasteiger charge is 2.50. The number of carbonyl (C=O) groups is 1. The van der Waals surface area contributed by atoms with Gasteiger partial charge in [-0.3, -0.25) is 9.78 Å². The van der Waals surface area contributed by atoms with E-state index in [0.29, 0.717) is 31.6 Å². The van der Waals surface area contributed by atoms with Crippen LogP contribution < -0.4 is 5.32 Å². The van der Waals surface area contributed by atoms with E-state index in [-0.39, 0.29) is 11.8 Å². The third kappa shape index (κ3) is 3.62. The number of rotatable bonds is 4. The van der Waals surface area contributed by atoms with E-state index in [4.69, 9.17) is 4.74 Å². The number of anilines is 1. The number of piperidine rings is 1. The minimum Gasteiger partial charge on any atom is -0.362 e. The van der Waals surface area contributed by atoms with Crippen molar-refractivity contribution in [2.75, 3.05) is 32.5 Å². The van der Waals surface area contributed by atoms with Crippen LogP contribution in [0.3, 0.4) is 0 Å². The first-order chi connectivity index (χ1) is 12.2. The summed E-state index contributed by atoms with van der Waals surface area (Å²) in [6.45, 7) is 2.80. The maximum Gasteiger partial charge on any atom is 0.281 e. The molecule has 1 amide bonds. The monoisotopic (exact) mass is 382 g/mol. The molecule has 9 heteroatoms. The Bertz CT molecular complexity index is 755. The smallest absolute Gasteiger partial charge is 0.281 e. The van der Waals surface area contributed by atoms with Crippen molar-refractivity contribution in [3.63, 3.8) is 0 Å². The van der Waals surface area contributed by atoms with Crippen LogP contribution >= 0.6 is 0 Å². The molecule has 2 fully saturated rings. The molecule has 0 saturated carbocycles. The maximum absolute atomic E-state index is 12.5. The Kier molecular flexibility index (Phi) is 5.34. The third-order valence-electron chi connectivity index (χ3n) is 5.38. The molecule has 0 aliphatic carbocycles.